The fourth-order valence-electron chi connectivity index (χ4n) is 2.89. The van der Waals surface area contributed by atoms with Gasteiger partial charge in [0.1, 0.15) is 0 Å². The number of aromatic nitrogens is 2. The van der Waals surface area contributed by atoms with Gasteiger partial charge in [-0.3, -0.25) is 14.9 Å². The first kappa shape index (κ1) is 18.9. The van der Waals surface area contributed by atoms with Crippen molar-refractivity contribution in [2.24, 2.45) is 0 Å². The van der Waals surface area contributed by atoms with Crippen molar-refractivity contribution in [2.75, 3.05) is 20.1 Å². The third-order valence-electron chi connectivity index (χ3n) is 4.23. The largest absolute Gasteiger partial charge is 0.336 e. The Labute approximate surface area is 151 Å². The van der Waals surface area contributed by atoms with Crippen LogP contribution in [0.5, 0.6) is 0 Å². The van der Waals surface area contributed by atoms with Gasteiger partial charge in [-0.2, -0.15) is 5.10 Å². The number of nitro groups is 1. The van der Waals surface area contributed by atoms with Crippen LogP contribution in [0.3, 0.4) is 0 Å². The van der Waals surface area contributed by atoms with Crippen LogP contribution in [0.2, 0.25) is 0 Å². The second kappa shape index (κ2) is 8.09. The van der Waals surface area contributed by atoms with Crippen LogP contribution in [0, 0.1) is 10.1 Å². The summed E-state index contributed by atoms with van der Waals surface area (Å²) in [5, 5.41) is 18.4. The van der Waals surface area contributed by atoms with Gasteiger partial charge in [0.05, 0.1) is 10.6 Å². The molecule has 1 aromatic carbocycles. The summed E-state index contributed by atoms with van der Waals surface area (Å²) in [5.41, 5.74) is 0.886. The Morgan fingerprint density at radius 3 is 2.92 bits per heavy atom. The van der Waals surface area contributed by atoms with Gasteiger partial charge in [0, 0.05) is 37.5 Å². The number of nitrogens with one attached hydrogen (secondary N) is 1. The van der Waals surface area contributed by atoms with E-state index in [2.05, 4.69) is 10.4 Å². The first-order chi connectivity index (χ1) is 11.6. The summed E-state index contributed by atoms with van der Waals surface area (Å²) in [4.78, 5) is 24.8. The molecule has 0 bridgehead atoms. The number of likely N-dealkylation sites (N-methyl/N-ethyl adjacent to an activating group) is 1. The van der Waals surface area contributed by atoms with Crippen LogP contribution in [0.15, 0.2) is 36.5 Å². The number of hydrogen-bond donors (Lipinski definition) is 1. The van der Waals surface area contributed by atoms with Gasteiger partial charge in [-0.15, -0.1) is 12.4 Å². The molecule has 0 spiro atoms. The summed E-state index contributed by atoms with van der Waals surface area (Å²) in [6.45, 7) is 1.39. The molecule has 0 aliphatic carbocycles. The third-order valence-corrected chi connectivity index (χ3v) is 4.23. The van der Waals surface area contributed by atoms with Crippen LogP contribution in [0.4, 0.5) is 5.69 Å². The highest BCUT2D eigenvalue weighted by Crippen LogP contribution is 2.17. The molecule has 1 aliphatic heterocycles. The van der Waals surface area contributed by atoms with E-state index < -0.39 is 4.92 Å². The molecule has 1 unspecified atom stereocenters. The van der Waals surface area contributed by atoms with E-state index in [4.69, 9.17) is 0 Å². The second-order valence-corrected chi connectivity index (χ2v) is 5.80. The Morgan fingerprint density at radius 2 is 2.20 bits per heavy atom. The monoisotopic (exact) mass is 365 g/mol. The molecule has 1 N–H and O–H groups in total. The highest BCUT2D eigenvalue weighted by molar-refractivity contribution is 5.92. The van der Waals surface area contributed by atoms with Gasteiger partial charge in [-0.05, 0) is 32.0 Å². The molecule has 2 heterocycles. The molecule has 1 amide bonds. The van der Waals surface area contributed by atoms with Gasteiger partial charge < -0.3 is 10.2 Å². The van der Waals surface area contributed by atoms with Crippen molar-refractivity contribution in [3.05, 3.63) is 52.3 Å². The zero-order chi connectivity index (χ0) is 17.1. The third kappa shape index (κ3) is 4.15. The van der Waals surface area contributed by atoms with Crippen LogP contribution in [-0.4, -0.2) is 51.7 Å². The summed E-state index contributed by atoms with van der Waals surface area (Å²) < 4.78 is 1.49. The number of hydrogen-bond acceptors (Lipinski definition) is 5. The first-order valence-corrected chi connectivity index (χ1v) is 7.85. The molecule has 1 atom stereocenters. The molecule has 3 rings (SSSR count). The number of carbonyl (C=O) groups excluding carboxylic acids is 1. The van der Waals surface area contributed by atoms with Crippen LogP contribution in [-0.2, 0) is 0 Å². The minimum atomic E-state index is -0.454. The number of piperidine rings is 1. The van der Waals surface area contributed by atoms with E-state index in [1.807, 2.05) is 7.05 Å². The molecule has 8 nitrogen and oxygen atoms in total. The maximum Gasteiger partial charge on any atom is 0.274 e. The van der Waals surface area contributed by atoms with E-state index in [0.717, 1.165) is 19.4 Å². The van der Waals surface area contributed by atoms with Crippen molar-refractivity contribution < 1.29 is 9.72 Å². The molecular formula is C16H20ClN5O3. The predicted molar refractivity (Wildman–Crippen MR) is 95.5 cm³/mol. The molecule has 2 aromatic rings. The van der Waals surface area contributed by atoms with Gasteiger partial charge >= 0.3 is 0 Å². The number of rotatable bonds is 4. The summed E-state index contributed by atoms with van der Waals surface area (Å²) in [5.74, 6) is -0.112. The van der Waals surface area contributed by atoms with E-state index >= 15 is 0 Å². The fourth-order valence-corrected chi connectivity index (χ4v) is 2.89. The molecule has 0 saturated carbocycles. The molecule has 1 fully saturated rings. The smallest absolute Gasteiger partial charge is 0.274 e. The number of nitro benzene ring substituents is 1. The average molecular weight is 366 g/mol. The lowest BCUT2D eigenvalue weighted by atomic mass is 10.1. The van der Waals surface area contributed by atoms with Gasteiger partial charge in [0.15, 0.2) is 5.69 Å². The average Bonchev–Trinajstić information content (AvgIpc) is 3.11. The van der Waals surface area contributed by atoms with Crippen molar-refractivity contribution in [3.8, 4) is 5.69 Å². The Kier molecular flexibility index (Phi) is 6.11. The number of amides is 1. The van der Waals surface area contributed by atoms with Crippen molar-refractivity contribution in [3.63, 3.8) is 0 Å². The number of benzene rings is 1. The summed E-state index contributed by atoms with van der Waals surface area (Å²) >= 11 is 0. The highest BCUT2D eigenvalue weighted by atomic mass is 35.5. The molecule has 1 aromatic heterocycles. The predicted octanol–water partition coefficient (Wildman–Crippen LogP) is 2.03. The van der Waals surface area contributed by atoms with Crippen LogP contribution in [0.1, 0.15) is 23.3 Å². The lowest BCUT2D eigenvalue weighted by Gasteiger charge is -2.32. The highest BCUT2D eigenvalue weighted by Gasteiger charge is 2.25. The van der Waals surface area contributed by atoms with Crippen molar-refractivity contribution in [1.82, 2.24) is 20.0 Å². The van der Waals surface area contributed by atoms with E-state index in [0.29, 0.717) is 24.0 Å². The van der Waals surface area contributed by atoms with E-state index in [1.54, 1.807) is 29.3 Å². The normalized spacial score (nSPS) is 17.0. The van der Waals surface area contributed by atoms with Gasteiger partial charge in [-0.1, -0.05) is 6.07 Å². The number of nitrogens with zero attached hydrogens (tertiary/aromatic N) is 4. The molecular weight excluding hydrogens is 346 g/mol. The number of likely N-dealkylation sites (tertiary alicyclic amines) is 1. The van der Waals surface area contributed by atoms with Gasteiger partial charge in [0.2, 0.25) is 0 Å². The Balaban J connectivity index is 0.00000225. The van der Waals surface area contributed by atoms with E-state index in [1.165, 1.54) is 16.8 Å². The number of halogens is 1. The Morgan fingerprint density at radius 1 is 1.40 bits per heavy atom. The Hall–Kier alpha value is -2.45. The minimum Gasteiger partial charge on any atom is -0.336 e. The molecule has 1 saturated heterocycles. The van der Waals surface area contributed by atoms with Crippen LogP contribution in [0.25, 0.3) is 5.69 Å². The van der Waals surface area contributed by atoms with E-state index in [9.17, 15) is 14.9 Å². The number of carbonyl (C=O) groups is 1. The topological polar surface area (TPSA) is 93.3 Å². The molecule has 0 radical (unpaired) electrons. The summed E-state index contributed by atoms with van der Waals surface area (Å²) in [6.07, 6.45) is 3.66. The zero-order valence-electron chi connectivity index (χ0n) is 13.8. The van der Waals surface area contributed by atoms with Gasteiger partial charge in [-0.25, -0.2) is 4.68 Å². The Bertz CT molecular complexity index is 764. The van der Waals surface area contributed by atoms with Crippen molar-refractivity contribution in [1.29, 1.82) is 0 Å². The quantitative estimate of drug-likeness (QED) is 0.661. The summed E-state index contributed by atoms with van der Waals surface area (Å²) in [7, 11) is 1.90. The molecule has 134 valence electrons. The van der Waals surface area contributed by atoms with Gasteiger partial charge in [0.25, 0.3) is 11.6 Å². The van der Waals surface area contributed by atoms with Crippen LogP contribution >= 0.6 is 12.4 Å². The van der Waals surface area contributed by atoms with Crippen LogP contribution < -0.4 is 5.32 Å². The zero-order valence-corrected chi connectivity index (χ0v) is 14.6. The SMILES string of the molecule is CNC1CCCN(C(=O)c2ccn(-c3cccc([N+](=O)[O-])c3)n2)C1.Cl. The standard InChI is InChI=1S/C16H19N5O3.ClH/c1-17-12-4-3-8-19(11-12)16(22)15-7-9-20(18-15)13-5-2-6-14(10-13)21(23)24;/h2,5-7,9-10,12,17H,3-4,8,11H2,1H3;1H. The number of non-ortho nitro benzene ring substituents is 1. The van der Waals surface area contributed by atoms with Crippen molar-refractivity contribution >= 4 is 24.0 Å². The second-order valence-electron chi connectivity index (χ2n) is 5.80. The lowest BCUT2D eigenvalue weighted by molar-refractivity contribution is -0.384. The first-order valence-electron chi connectivity index (χ1n) is 7.85. The maximum atomic E-state index is 12.6. The molecule has 25 heavy (non-hydrogen) atoms. The molecule has 1 aliphatic rings. The summed E-state index contributed by atoms with van der Waals surface area (Å²) in [6, 6.07) is 8.11. The van der Waals surface area contributed by atoms with E-state index in [-0.39, 0.29) is 24.0 Å². The molecule has 9 heteroatoms. The van der Waals surface area contributed by atoms with Crippen molar-refractivity contribution in [2.45, 2.75) is 18.9 Å². The maximum absolute atomic E-state index is 12.6. The lowest BCUT2D eigenvalue weighted by Crippen LogP contribution is -2.47. The fraction of sp³-hybridized carbons (Fsp3) is 0.375. The minimum absolute atomic E-state index is 0.